The molecule has 3 aromatic rings. The number of nitrogens with zero attached hydrogens (tertiary/aromatic N) is 2. The van der Waals surface area contributed by atoms with Gasteiger partial charge in [0.15, 0.2) is 5.96 Å². The zero-order valence-electron chi connectivity index (χ0n) is 24.4. The number of H-pyrrole nitrogens is 1. The Bertz CT molecular complexity index is 1450. The Labute approximate surface area is 259 Å². The lowest BCUT2D eigenvalue weighted by Gasteiger charge is -2.24. The number of carbonyl (C=O) groups excluding carboxylic acids is 4. The maximum Gasteiger partial charge on any atom is 0.326 e. The summed E-state index contributed by atoms with van der Waals surface area (Å²) in [6, 6.07) is 13.5. The number of nitrogens with two attached hydrogens (primary N) is 2. The number of rotatable bonds is 17. The van der Waals surface area contributed by atoms with Gasteiger partial charge in [-0.2, -0.15) is 0 Å². The van der Waals surface area contributed by atoms with Crippen LogP contribution in [0.15, 0.2) is 78.2 Å². The van der Waals surface area contributed by atoms with Crippen LogP contribution < -0.4 is 32.7 Å². The highest BCUT2D eigenvalue weighted by molar-refractivity contribution is 5.97. The van der Waals surface area contributed by atoms with E-state index >= 15 is 0 Å². The summed E-state index contributed by atoms with van der Waals surface area (Å²) in [6.45, 7) is -0.235. The number of aliphatic carboxylic acids is 1. The number of carboxylic acids is 1. The van der Waals surface area contributed by atoms with Crippen LogP contribution in [0.25, 0.3) is 0 Å². The van der Waals surface area contributed by atoms with Crippen molar-refractivity contribution in [2.45, 2.75) is 43.8 Å². The lowest BCUT2D eigenvalue weighted by Crippen LogP contribution is -2.57. The normalized spacial score (nSPS) is 12.5. The quantitative estimate of drug-likeness (QED) is 0.0535. The van der Waals surface area contributed by atoms with Crippen LogP contribution in [0, 0.1) is 0 Å². The minimum atomic E-state index is -1.27. The van der Waals surface area contributed by atoms with Gasteiger partial charge in [0, 0.05) is 36.8 Å². The van der Waals surface area contributed by atoms with E-state index in [4.69, 9.17) is 11.5 Å². The Hall–Kier alpha value is -5.73. The molecule has 1 heterocycles. The maximum absolute atomic E-state index is 13.6. The largest absolute Gasteiger partial charge is 0.480 e. The molecular weight excluding hydrogens is 582 g/mol. The number of hydrogen-bond acceptors (Lipinski definition) is 7. The Balaban J connectivity index is 1.73. The maximum atomic E-state index is 13.6. The van der Waals surface area contributed by atoms with Gasteiger partial charge in [0.2, 0.25) is 17.7 Å². The van der Waals surface area contributed by atoms with Gasteiger partial charge in [0.25, 0.3) is 5.91 Å². The first-order valence-electron chi connectivity index (χ1n) is 14.1. The van der Waals surface area contributed by atoms with E-state index in [0.717, 1.165) is 0 Å². The summed E-state index contributed by atoms with van der Waals surface area (Å²) >= 11 is 0. The van der Waals surface area contributed by atoms with Crippen molar-refractivity contribution in [3.63, 3.8) is 0 Å². The van der Waals surface area contributed by atoms with Crippen molar-refractivity contribution in [3.05, 3.63) is 90.0 Å². The molecule has 1 aromatic heterocycles. The summed E-state index contributed by atoms with van der Waals surface area (Å²) < 4.78 is 0. The molecular formula is C30H37N9O6. The molecule has 0 bridgehead atoms. The average Bonchev–Trinajstić information content (AvgIpc) is 3.54. The minimum absolute atomic E-state index is 0.00752. The van der Waals surface area contributed by atoms with Crippen LogP contribution in [0.2, 0.25) is 0 Å². The summed E-state index contributed by atoms with van der Waals surface area (Å²) in [6.07, 6.45) is 3.25. The fraction of sp³-hybridized carbons (Fsp3) is 0.300. The Morgan fingerprint density at radius 2 is 1.47 bits per heavy atom. The monoisotopic (exact) mass is 619 g/mol. The van der Waals surface area contributed by atoms with Crippen molar-refractivity contribution in [1.82, 2.24) is 31.2 Å². The van der Waals surface area contributed by atoms with E-state index in [1.165, 1.54) is 12.5 Å². The van der Waals surface area contributed by atoms with Crippen molar-refractivity contribution in [2.75, 3.05) is 13.1 Å². The Kier molecular flexibility index (Phi) is 13.1. The van der Waals surface area contributed by atoms with Gasteiger partial charge in [0.05, 0.1) is 12.9 Å². The third-order valence-electron chi connectivity index (χ3n) is 6.55. The highest BCUT2D eigenvalue weighted by Gasteiger charge is 2.30. The number of hydrogen-bond donors (Lipinski definition) is 8. The Morgan fingerprint density at radius 3 is 2.07 bits per heavy atom. The van der Waals surface area contributed by atoms with Gasteiger partial charge in [-0.25, -0.2) is 9.78 Å². The molecule has 0 radical (unpaired) electrons. The molecule has 0 aliphatic heterocycles. The number of nitrogens with one attached hydrogen (secondary N) is 5. The van der Waals surface area contributed by atoms with Crippen LogP contribution in [-0.4, -0.2) is 81.8 Å². The lowest BCUT2D eigenvalue weighted by molar-refractivity contribution is -0.142. The van der Waals surface area contributed by atoms with Crippen LogP contribution in [0.3, 0.4) is 0 Å². The van der Waals surface area contributed by atoms with Gasteiger partial charge < -0.3 is 42.8 Å². The molecule has 3 atom stereocenters. The molecule has 0 aliphatic rings. The SMILES string of the molecule is NC(N)=NCCC[C@H](NC(=O)[C@@H](Cc1ccccc1)NC(=O)[C@H](Cc1cnc[nH]1)NC(=O)CNC(=O)c1ccccc1)C(=O)O. The number of aliphatic imine (C=N–C) groups is 1. The predicted molar refractivity (Wildman–Crippen MR) is 165 cm³/mol. The second-order valence-electron chi connectivity index (χ2n) is 10.0. The molecule has 15 heteroatoms. The number of benzene rings is 2. The molecule has 0 unspecified atom stereocenters. The molecule has 0 aliphatic carbocycles. The van der Waals surface area contributed by atoms with Crippen LogP contribution in [0.4, 0.5) is 0 Å². The van der Waals surface area contributed by atoms with E-state index < -0.39 is 54.3 Å². The molecule has 45 heavy (non-hydrogen) atoms. The Morgan fingerprint density at radius 1 is 0.844 bits per heavy atom. The standard InChI is InChI=1S/C30H37N9O6/c31-30(32)34-13-7-12-22(29(44)45)38-27(42)23(14-19-8-3-1-4-9-19)39-28(43)24(15-21-16-33-18-36-21)37-25(40)17-35-26(41)20-10-5-2-6-11-20/h1-6,8-11,16,18,22-24H,7,12-15,17H2,(H,33,36)(H,35,41)(H,37,40)(H,38,42)(H,39,43)(H,44,45)(H4,31,32,34)/t22-,23+,24-/m0/s1. The summed E-state index contributed by atoms with van der Waals surface area (Å²) in [4.78, 5) is 74.7. The fourth-order valence-electron chi connectivity index (χ4n) is 4.29. The van der Waals surface area contributed by atoms with Crippen LogP contribution >= 0.6 is 0 Å². The summed E-state index contributed by atoms with van der Waals surface area (Å²) in [5, 5.41) is 20.0. The molecule has 238 valence electrons. The number of carboxylic acid groups (broad SMARTS) is 1. The third-order valence-corrected chi connectivity index (χ3v) is 6.55. The summed E-state index contributed by atoms with van der Waals surface area (Å²) in [7, 11) is 0. The van der Waals surface area contributed by atoms with E-state index in [-0.39, 0.29) is 38.2 Å². The first-order chi connectivity index (χ1) is 21.6. The van der Waals surface area contributed by atoms with Crippen molar-refractivity contribution in [2.24, 2.45) is 16.5 Å². The van der Waals surface area contributed by atoms with E-state index in [0.29, 0.717) is 16.8 Å². The van der Waals surface area contributed by atoms with Crippen molar-refractivity contribution in [3.8, 4) is 0 Å². The van der Waals surface area contributed by atoms with E-state index in [1.54, 1.807) is 60.7 Å². The number of guanidine groups is 1. The first-order valence-corrected chi connectivity index (χ1v) is 14.1. The van der Waals surface area contributed by atoms with E-state index in [1.807, 2.05) is 0 Å². The van der Waals surface area contributed by atoms with Gasteiger partial charge in [-0.15, -0.1) is 0 Å². The fourth-order valence-corrected chi connectivity index (χ4v) is 4.29. The minimum Gasteiger partial charge on any atom is -0.480 e. The number of aromatic nitrogens is 2. The molecule has 0 saturated carbocycles. The van der Waals surface area contributed by atoms with E-state index in [9.17, 15) is 29.1 Å². The van der Waals surface area contributed by atoms with Crippen molar-refractivity contribution >= 4 is 35.6 Å². The highest BCUT2D eigenvalue weighted by Crippen LogP contribution is 2.08. The molecule has 0 fully saturated rings. The van der Waals surface area contributed by atoms with E-state index in [2.05, 4.69) is 36.2 Å². The molecule has 0 saturated heterocycles. The molecule has 15 nitrogen and oxygen atoms in total. The zero-order chi connectivity index (χ0) is 32.6. The summed E-state index contributed by atoms with van der Waals surface area (Å²) in [5.74, 6) is -3.95. The van der Waals surface area contributed by atoms with Crippen LogP contribution in [0.5, 0.6) is 0 Å². The summed E-state index contributed by atoms with van der Waals surface area (Å²) in [5.41, 5.74) is 12.2. The molecule has 10 N–H and O–H groups in total. The smallest absolute Gasteiger partial charge is 0.326 e. The number of imidazole rings is 1. The highest BCUT2D eigenvalue weighted by atomic mass is 16.4. The van der Waals surface area contributed by atoms with Crippen LogP contribution in [0.1, 0.15) is 34.5 Å². The van der Waals surface area contributed by atoms with Crippen molar-refractivity contribution < 1.29 is 29.1 Å². The molecule has 3 rings (SSSR count). The number of amides is 4. The number of aromatic amines is 1. The lowest BCUT2D eigenvalue weighted by atomic mass is 10.0. The van der Waals surface area contributed by atoms with Gasteiger partial charge in [-0.1, -0.05) is 48.5 Å². The van der Waals surface area contributed by atoms with Gasteiger partial charge in [0.1, 0.15) is 18.1 Å². The predicted octanol–water partition coefficient (Wildman–Crippen LogP) is -0.782. The molecule has 0 spiro atoms. The van der Waals surface area contributed by atoms with Crippen molar-refractivity contribution in [1.29, 1.82) is 0 Å². The molecule has 2 aromatic carbocycles. The molecule has 4 amide bonds. The van der Waals surface area contributed by atoms with Gasteiger partial charge >= 0.3 is 5.97 Å². The number of carbonyl (C=O) groups is 5. The van der Waals surface area contributed by atoms with Gasteiger partial charge in [-0.05, 0) is 30.5 Å². The third kappa shape index (κ3) is 11.8. The second kappa shape index (κ2) is 17.4. The van der Waals surface area contributed by atoms with Crippen LogP contribution in [-0.2, 0) is 32.0 Å². The average molecular weight is 620 g/mol. The first kappa shape index (κ1) is 33.8. The topological polar surface area (TPSA) is 247 Å². The van der Waals surface area contributed by atoms with Gasteiger partial charge in [-0.3, -0.25) is 24.2 Å². The zero-order valence-corrected chi connectivity index (χ0v) is 24.4. The second-order valence-corrected chi connectivity index (χ2v) is 10.0.